The monoisotopic (exact) mass is 273 g/mol. The van der Waals surface area contributed by atoms with Gasteiger partial charge >= 0.3 is 0 Å². The van der Waals surface area contributed by atoms with Crippen LogP contribution in [-0.4, -0.2) is 23.8 Å². The molecule has 106 valence electrons. The standard InChI is InChI=1S/C15H19N3O2/c1-10-3-6-12(13(7-10)19-2)15-17-14(20-18-15)9-16-8-11-4-5-11/h3,6-7,11,16H,4-5,8-9H2,1-2H3. The fourth-order valence-electron chi connectivity index (χ4n) is 2.12. The molecule has 1 aromatic carbocycles. The molecule has 1 heterocycles. The highest BCUT2D eigenvalue weighted by molar-refractivity contribution is 5.64. The van der Waals surface area contributed by atoms with E-state index in [9.17, 15) is 0 Å². The summed E-state index contributed by atoms with van der Waals surface area (Å²) >= 11 is 0. The van der Waals surface area contributed by atoms with Crippen molar-refractivity contribution >= 4 is 0 Å². The smallest absolute Gasteiger partial charge is 0.240 e. The summed E-state index contributed by atoms with van der Waals surface area (Å²) in [5, 5.41) is 7.37. The molecule has 0 spiro atoms. The molecule has 1 aliphatic carbocycles. The number of aromatic nitrogens is 2. The highest BCUT2D eigenvalue weighted by Crippen LogP contribution is 2.29. The largest absolute Gasteiger partial charge is 0.496 e. The van der Waals surface area contributed by atoms with Gasteiger partial charge in [-0.3, -0.25) is 0 Å². The average molecular weight is 273 g/mol. The van der Waals surface area contributed by atoms with Crippen LogP contribution in [0.25, 0.3) is 11.4 Å². The predicted octanol–water partition coefficient (Wildman–Crippen LogP) is 2.55. The maximum atomic E-state index is 5.37. The van der Waals surface area contributed by atoms with Crippen LogP contribution in [0.5, 0.6) is 5.75 Å². The fraction of sp³-hybridized carbons (Fsp3) is 0.467. The molecular formula is C15H19N3O2. The highest BCUT2D eigenvalue weighted by Gasteiger charge is 2.20. The molecule has 5 nitrogen and oxygen atoms in total. The number of nitrogens with zero attached hydrogens (tertiary/aromatic N) is 2. The molecule has 0 radical (unpaired) electrons. The Morgan fingerprint density at radius 2 is 2.25 bits per heavy atom. The summed E-state index contributed by atoms with van der Waals surface area (Å²) in [6, 6.07) is 5.94. The zero-order valence-corrected chi connectivity index (χ0v) is 11.8. The van der Waals surface area contributed by atoms with Crippen molar-refractivity contribution in [1.29, 1.82) is 0 Å². The minimum Gasteiger partial charge on any atom is -0.496 e. The molecule has 1 fully saturated rings. The number of methoxy groups -OCH3 is 1. The van der Waals surface area contributed by atoms with Crippen LogP contribution < -0.4 is 10.1 Å². The molecule has 0 aliphatic heterocycles. The lowest BCUT2D eigenvalue weighted by Crippen LogP contribution is -2.16. The van der Waals surface area contributed by atoms with E-state index in [0.717, 1.165) is 29.3 Å². The van der Waals surface area contributed by atoms with Crippen molar-refractivity contribution in [3.05, 3.63) is 29.7 Å². The highest BCUT2D eigenvalue weighted by atomic mass is 16.5. The summed E-state index contributed by atoms with van der Waals surface area (Å²) < 4.78 is 10.6. The van der Waals surface area contributed by atoms with E-state index in [0.29, 0.717) is 18.3 Å². The molecule has 0 bridgehead atoms. The van der Waals surface area contributed by atoms with Crippen LogP contribution in [-0.2, 0) is 6.54 Å². The summed E-state index contributed by atoms with van der Waals surface area (Å²) in [6.07, 6.45) is 2.67. The van der Waals surface area contributed by atoms with E-state index in [2.05, 4.69) is 15.5 Å². The quantitative estimate of drug-likeness (QED) is 0.876. The first-order valence-corrected chi connectivity index (χ1v) is 6.94. The van der Waals surface area contributed by atoms with Crippen LogP contribution in [0.4, 0.5) is 0 Å². The van der Waals surface area contributed by atoms with Crippen LogP contribution in [0, 0.1) is 12.8 Å². The third-order valence-electron chi connectivity index (χ3n) is 3.47. The van der Waals surface area contributed by atoms with Crippen molar-refractivity contribution in [2.24, 2.45) is 5.92 Å². The minimum atomic E-state index is 0.574. The second-order valence-electron chi connectivity index (χ2n) is 5.29. The topological polar surface area (TPSA) is 60.2 Å². The molecule has 3 rings (SSSR count). The number of hydrogen-bond donors (Lipinski definition) is 1. The number of ether oxygens (including phenoxy) is 1. The molecule has 0 atom stereocenters. The Bertz CT molecular complexity index is 591. The van der Waals surface area contributed by atoms with Gasteiger partial charge < -0.3 is 14.6 Å². The van der Waals surface area contributed by atoms with Gasteiger partial charge in [0.2, 0.25) is 11.7 Å². The van der Waals surface area contributed by atoms with Crippen molar-refractivity contribution in [3.63, 3.8) is 0 Å². The first kappa shape index (κ1) is 13.1. The molecular weight excluding hydrogens is 254 g/mol. The van der Waals surface area contributed by atoms with E-state index in [1.165, 1.54) is 12.8 Å². The lowest BCUT2D eigenvalue weighted by atomic mass is 10.1. The van der Waals surface area contributed by atoms with Gasteiger partial charge in [-0.05, 0) is 49.9 Å². The molecule has 0 saturated heterocycles. The van der Waals surface area contributed by atoms with Gasteiger partial charge in [-0.2, -0.15) is 4.98 Å². The summed E-state index contributed by atoms with van der Waals surface area (Å²) in [5.74, 6) is 2.80. The molecule has 1 aromatic heterocycles. The molecule has 20 heavy (non-hydrogen) atoms. The third-order valence-corrected chi connectivity index (χ3v) is 3.47. The Morgan fingerprint density at radius 3 is 3.00 bits per heavy atom. The van der Waals surface area contributed by atoms with E-state index in [1.807, 2.05) is 25.1 Å². The average Bonchev–Trinajstić information content (AvgIpc) is 3.16. The first-order chi connectivity index (χ1) is 9.76. The SMILES string of the molecule is COc1cc(C)ccc1-c1noc(CNCC2CC2)n1. The molecule has 1 N–H and O–H groups in total. The lowest BCUT2D eigenvalue weighted by molar-refractivity contribution is 0.366. The van der Waals surface area contributed by atoms with Crippen LogP contribution in [0.3, 0.4) is 0 Å². The zero-order valence-electron chi connectivity index (χ0n) is 11.8. The molecule has 0 amide bonds. The minimum absolute atomic E-state index is 0.574. The van der Waals surface area contributed by atoms with Gasteiger partial charge in [-0.25, -0.2) is 0 Å². The van der Waals surface area contributed by atoms with Gasteiger partial charge in [0, 0.05) is 0 Å². The Kier molecular flexibility index (Phi) is 3.69. The van der Waals surface area contributed by atoms with Crippen LogP contribution in [0.1, 0.15) is 24.3 Å². The second kappa shape index (κ2) is 5.63. The number of aryl methyl sites for hydroxylation is 1. The third kappa shape index (κ3) is 2.99. The lowest BCUT2D eigenvalue weighted by Gasteiger charge is -2.05. The van der Waals surface area contributed by atoms with Gasteiger partial charge in [-0.15, -0.1) is 0 Å². The fourth-order valence-corrected chi connectivity index (χ4v) is 2.12. The van der Waals surface area contributed by atoms with E-state index >= 15 is 0 Å². The van der Waals surface area contributed by atoms with Crippen molar-refractivity contribution in [2.45, 2.75) is 26.3 Å². The number of nitrogens with one attached hydrogen (secondary N) is 1. The first-order valence-electron chi connectivity index (χ1n) is 6.94. The molecule has 0 unspecified atom stereocenters. The number of benzene rings is 1. The van der Waals surface area contributed by atoms with Crippen LogP contribution >= 0.6 is 0 Å². The Hall–Kier alpha value is -1.88. The Labute approximate surface area is 118 Å². The summed E-state index contributed by atoms with van der Waals surface area (Å²) in [4.78, 5) is 4.42. The molecule has 5 heteroatoms. The molecule has 1 aliphatic rings. The summed E-state index contributed by atoms with van der Waals surface area (Å²) in [5.41, 5.74) is 2.00. The zero-order chi connectivity index (χ0) is 13.9. The molecule has 1 saturated carbocycles. The molecule has 2 aromatic rings. The number of rotatable bonds is 6. The van der Waals surface area contributed by atoms with Crippen molar-refractivity contribution < 1.29 is 9.26 Å². The van der Waals surface area contributed by atoms with Gasteiger partial charge in [-0.1, -0.05) is 11.2 Å². The van der Waals surface area contributed by atoms with E-state index in [1.54, 1.807) is 7.11 Å². The van der Waals surface area contributed by atoms with Gasteiger partial charge in [0.1, 0.15) is 5.75 Å². The van der Waals surface area contributed by atoms with Gasteiger partial charge in [0.05, 0.1) is 19.2 Å². The van der Waals surface area contributed by atoms with Crippen molar-refractivity contribution in [3.8, 4) is 17.1 Å². The van der Waals surface area contributed by atoms with E-state index in [4.69, 9.17) is 9.26 Å². The van der Waals surface area contributed by atoms with Crippen molar-refractivity contribution in [1.82, 2.24) is 15.5 Å². The van der Waals surface area contributed by atoms with Crippen molar-refractivity contribution in [2.75, 3.05) is 13.7 Å². The summed E-state index contributed by atoms with van der Waals surface area (Å²) in [7, 11) is 1.65. The van der Waals surface area contributed by atoms with Gasteiger partial charge in [0.15, 0.2) is 0 Å². The summed E-state index contributed by atoms with van der Waals surface area (Å²) in [6.45, 7) is 3.68. The van der Waals surface area contributed by atoms with Gasteiger partial charge in [0.25, 0.3) is 0 Å². The van der Waals surface area contributed by atoms with E-state index < -0.39 is 0 Å². The van der Waals surface area contributed by atoms with E-state index in [-0.39, 0.29) is 0 Å². The normalized spacial score (nSPS) is 14.5. The maximum absolute atomic E-state index is 5.37. The maximum Gasteiger partial charge on any atom is 0.240 e. The van der Waals surface area contributed by atoms with Crippen LogP contribution in [0.15, 0.2) is 22.7 Å². The Balaban J connectivity index is 1.71. The predicted molar refractivity (Wildman–Crippen MR) is 75.5 cm³/mol. The number of hydrogen-bond acceptors (Lipinski definition) is 5. The second-order valence-corrected chi connectivity index (χ2v) is 5.29. The Morgan fingerprint density at radius 1 is 1.40 bits per heavy atom. The van der Waals surface area contributed by atoms with Crippen LogP contribution in [0.2, 0.25) is 0 Å².